The van der Waals surface area contributed by atoms with Crippen molar-refractivity contribution in [1.82, 2.24) is 0 Å². The number of rotatable bonds is 4. The molecule has 0 aromatic heterocycles. The Kier molecular flexibility index (Phi) is 5.87. The molecule has 1 aromatic rings. The van der Waals surface area contributed by atoms with Gasteiger partial charge in [0.1, 0.15) is 4.84 Å². The van der Waals surface area contributed by atoms with Gasteiger partial charge in [-0.1, -0.05) is 30.3 Å². The van der Waals surface area contributed by atoms with Gasteiger partial charge in [0.25, 0.3) is 0 Å². The molecule has 5 heteroatoms. The summed E-state index contributed by atoms with van der Waals surface area (Å²) in [5, 5.41) is -1.51. The molecule has 0 amide bonds. The van der Waals surface area contributed by atoms with E-state index in [2.05, 4.69) is 0 Å². The average molecular weight is 306 g/mol. The van der Waals surface area contributed by atoms with Crippen LogP contribution in [0.2, 0.25) is 0 Å². The number of hydrogen-bond acceptors (Lipinski definition) is 0. The molecule has 0 N–H and O–H groups in total. The first-order valence-corrected chi connectivity index (χ1v) is 6.47. The van der Waals surface area contributed by atoms with Crippen LogP contribution in [0.3, 0.4) is 0 Å². The van der Waals surface area contributed by atoms with Crippen LogP contribution in [0.1, 0.15) is 10.9 Å². The SMILES string of the molecule is ClC(Cl)C(Cl)C(Cl)C(Cl)c1ccccc1. The molecule has 3 unspecified atom stereocenters. The third-order valence-corrected chi connectivity index (χ3v) is 4.57. The van der Waals surface area contributed by atoms with E-state index in [9.17, 15) is 0 Å². The summed E-state index contributed by atoms with van der Waals surface area (Å²) in [7, 11) is 0. The van der Waals surface area contributed by atoms with E-state index in [1.807, 2.05) is 30.3 Å². The first-order valence-electron chi connectivity index (χ1n) is 4.29. The topological polar surface area (TPSA) is 0 Å². The molecule has 0 saturated heterocycles. The van der Waals surface area contributed by atoms with Crippen molar-refractivity contribution < 1.29 is 0 Å². The fourth-order valence-corrected chi connectivity index (χ4v) is 2.40. The van der Waals surface area contributed by atoms with Crippen molar-refractivity contribution in [3.05, 3.63) is 35.9 Å². The molecular weight excluding hydrogens is 297 g/mol. The van der Waals surface area contributed by atoms with Crippen molar-refractivity contribution >= 4 is 58.0 Å². The van der Waals surface area contributed by atoms with Crippen LogP contribution >= 0.6 is 58.0 Å². The lowest BCUT2D eigenvalue weighted by molar-refractivity contribution is 0.773. The summed E-state index contributed by atoms with van der Waals surface area (Å²) in [6, 6.07) is 9.44. The minimum absolute atomic E-state index is 0.407. The second-order valence-electron chi connectivity index (χ2n) is 3.04. The molecule has 0 aliphatic rings. The summed E-state index contributed by atoms with van der Waals surface area (Å²) in [4.78, 5) is -0.737. The summed E-state index contributed by atoms with van der Waals surface area (Å²) in [5.74, 6) is 0. The maximum absolute atomic E-state index is 6.16. The van der Waals surface area contributed by atoms with Gasteiger partial charge >= 0.3 is 0 Å². The lowest BCUT2D eigenvalue weighted by Crippen LogP contribution is -2.25. The smallest absolute Gasteiger partial charge is 0.119 e. The number of alkyl halides is 5. The van der Waals surface area contributed by atoms with Crippen molar-refractivity contribution in [2.24, 2.45) is 0 Å². The Balaban J connectivity index is 2.73. The summed E-state index contributed by atoms with van der Waals surface area (Å²) >= 11 is 29.5. The first-order chi connectivity index (χ1) is 7.04. The molecule has 3 atom stereocenters. The second-order valence-corrected chi connectivity index (χ2v) is 5.68. The molecular formula is C10H9Cl5. The monoisotopic (exact) mass is 304 g/mol. The van der Waals surface area contributed by atoms with E-state index in [0.717, 1.165) is 5.56 Å². The zero-order valence-corrected chi connectivity index (χ0v) is 11.4. The first kappa shape index (κ1) is 13.7. The van der Waals surface area contributed by atoms with E-state index in [0.29, 0.717) is 0 Å². The average Bonchev–Trinajstić information content (AvgIpc) is 2.27. The van der Waals surface area contributed by atoms with Gasteiger partial charge < -0.3 is 0 Å². The molecule has 84 valence electrons. The Hall–Kier alpha value is 0.670. The van der Waals surface area contributed by atoms with Gasteiger partial charge in [0.2, 0.25) is 0 Å². The van der Waals surface area contributed by atoms with Crippen molar-refractivity contribution in [2.45, 2.75) is 21.0 Å². The lowest BCUT2D eigenvalue weighted by Gasteiger charge is -2.21. The lowest BCUT2D eigenvalue weighted by atomic mass is 10.1. The molecule has 0 fully saturated rings. The van der Waals surface area contributed by atoms with Gasteiger partial charge in [-0.15, -0.1) is 58.0 Å². The fraction of sp³-hybridized carbons (Fsp3) is 0.400. The zero-order valence-electron chi connectivity index (χ0n) is 7.59. The quantitative estimate of drug-likeness (QED) is 0.688. The van der Waals surface area contributed by atoms with Gasteiger partial charge in [-0.25, -0.2) is 0 Å². The van der Waals surface area contributed by atoms with E-state index in [1.165, 1.54) is 0 Å². The van der Waals surface area contributed by atoms with Crippen LogP contribution in [-0.2, 0) is 0 Å². The van der Waals surface area contributed by atoms with Crippen LogP contribution in [0.25, 0.3) is 0 Å². The van der Waals surface area contributed by atoms with Crippen molar-refractivity contribution in [2.75, 3.05) is 0 Å². The summed E-state index contributed by atoms with van der Waals surface area (Å²) in [6.07, 6.45) is 0. The molecule has 0 nitrogen and oxygen atoms in total. The van der Waals surface area contributed by atoms with Crippen LogP contribution in [-0.4, -0.2) is 15.6 Å². The maximum Gasteiger partial charge on any atom is 0.125 e. The molecule has 0 aliphatic carbocycles. The molecule has 15 heavy (non-hydrogen) atoms. The van der Waals surface area contributed by atoms with E-state index < -0.39 is 21.0 Å². The molecule has 0 aliphatic heterocycles. The van der Waals surface area contributed by atoms with Gasteiger partial charge in [0.05, 0.1) is 16.1 Å². The zero-order chi connectivity index (χ0) is 11.4. The van der Waals surface area contributed by atoms with Gasteiger partial charge in [0, 0.05) is 0 Å². The Morgan fingerprint density at radius 2 is 1.27 bits per heavy atom. The maximum atomic E-state index is 6.16. The van der Waals surface area contributed by atoms with Crippen LogP contribution in [0.4, 0.5) is 0 Å². The van der Waals surface area contributed by atoms with E-state index in [4.69, 9.17) is 58.0 Å². The Bertz CT molecular complexity index is 287. The third kappa shape index (κ3) is 3.87. The van der Waals surface area contributed by atoms with E-state index in [1.54, 1.807) is 0 Å². The Morgan fingerprint density at radius 1 is 0.733 bits per heavy atom. The van der Waals surface area contributed by atoms with Gasteiger partial charge in [0.15, 0.2) is 0 Å². The highest BCUT2D eigenvalue weighted by molar-refractivity contribution is 6.50. The van der Waals surface area contributed by atoms with E-state index in [-0.39, 0.29) is 0 Å². The normalized spacial score (nSPS) is 17.5. The van der Waals surface area contributed by atoms with Gasteiger partial charge in [-0.05, 0) is 5.56 Å². The highest BCUT2D eigenvalue weighted by Gasteiger charge is 2.30. The van der Waals surface area contributed by atoms with Crippen LogP contribution < -0.4 is 0 Å². The molecule has 0 bridgehead atoms. The highest BCUT2D eigenvalue weighted by Crippen LogP contribution is 2.35. The second kappa shape index (κ2) is 6.42. The molecule has 1 aromatic carbocycles. The van der Waals surface area contributed by atoms with Crippen molar-refractivity contribution in [3.8, 4) is 0 Å². The number of benzene rings is 1. The minimum Gasteiger partial charge on any atom is -0.119 e. The number of halogens is 5. The molecule has 1 rings (SSSR count). The van der Waals surface area contributed by atoms with Gasteiger partial charge in [-0.2, -0.15) is 0 Å². The van der Waals surface area contributed by atoms with Crippen LogP contribution in [0.5, 0.6) is 0 Å². The van der Waals surface area contributed by atoms with Crippen molar-refractivity contribution in [3.63, 3.8) is 0 Å². The predicted molar refractivity (Wildman–Crippen MR) is 69.8 cm³/mol. The molecule has 0 heterocycles. The minimum atomic E-state index is -0.737. The third-order valence-electron chi connectivity index (χ3n) is 1.94. The molecule has 0 spiro atoms. The van der Waals surface area contributed by atoms with Gasteiger partial charge in [-0.3, -0.25) is 0 Å². The Morgan fingerprint density at radius 3 is 1.73 bits per heavy atom. The largest absolute Gasteiger partial charge is 0.125 e. The highest BCUT2D eigenvalue weighted by atomic mass is 35.5. The molecule has 0 saturated carbocycles. The van der Waals surface area contributed by atoms with E-state index >= 15 is 0 Å². The molecule has 0 radical (unpaired) electrons. The fourth-order valence-electron chi connectivity index (χ4n) is 1.12. The van der Waals surface area contributed by atoms with Crippen LogP contribution in [0.15, 0.2) is 30.3 Å². The van der Waals surface area contributed by atoms with Crippen LogP contribution in [0, 0.1) is 0 Å². The standard InChI is InChI=1S/C10H9Cl5/c11-7(6-4-2-1-3-5-6)8(12)9(13)10(14)15/h1-5,7-10H. The summed E-state index contributed by atoms with van der Waals surface area (Å²) in [5.41, 5.74) is 0.902. The predicted octanol–water partition coefficient (Wildman–Crippen LogP) is 4.99. The Labute approximate surface area is 114 Å². The summed E-state index contributed by atoms with van der Waals surface area (Å²) < 4.78 is 0. The summed E-state index contributed by atoms with van der Waals surface area (Å²) in [6.45, 7) is 0. The number of hydrogen-bond donors (Lipinski definition) is 0. The van der Waals surface area contributed by atoms with Crippen molar-refractivity contribution in [1.29, 1.82) is 0 Å².